The lowest BCUT2D eigenvalue weighted by atomic mass is 10.1. The van der Waals surface area contributed by atoms with Gasteiger partial charge in [-0.15, -0.1) is 11.3 Å². The lowest BCUT2D eigenvalue weighted by Gasteiger charge is -2.11. The number of rotatable bonds is 5. The summed E-state index contributed by atoms with van der Waals surface area (Å²) in [5, 5.41) is 6.58. The van der Waals surface area contributed by atoms with E-state index >= 15 is 0 Å². The van der Waals surface area contributed by atoms with E-state index in [1.165, 1.54) is 16.7 Å². The zero-order valence-electron chi connectivity index (χ0n) is 12.0. The average Bonchev–Trinajstić information content (AvgIpc) is 3.08. The summed E-state index contributed by atoms with van der Waals surface area (Å²) in [5.74, 6) is 0. The second-order valence-electron chi connectivity index (χ2n) is 4.89. The normalized spacial score (nSPS) is 10.5. The van der Waals surface area contributed by atoms with Crippen LogP contribution >= 0.6 is 11.3 Å². The SMILES string of the molecule is CCc1ccccc1CNc1cccc(-c2nccs2)c1. The highest BCUT2D eigenvalue weighted by molar-refractivity contribution is 7.13. The highest BCUT2D eigenvalue weighted by atomic mass is 32.1. The molecule has 1 N–H and O–H groups in total. The van der Waals surface area contributed by atoms with Crippen LogP contribution in [0.25, 0.3) is 10.6 Å². The third kappa shape index (κ3) is 3.31. The lowest BCUT2D eigenvalue weighted by molar-refractivity contribution is 1.04. The molecule has 0 unspecified atom stereocenters. The van der Waals surface area contributed by atoms with E-state index < -0.39 is 0 Å². The molecule has 1 heterocycles. The number of aryl methyl sites for hydroxylation is 1. The van der Waals surface area contributed by atoms with Crippen molar-refractivity contribution in [3.8, 4) is 10.6 Å². The Morgan fingerprint density at radius 3 is 2.67 bits per heavy atom. The first-order valence-electron chi connectivity index (χ1n) is 7.17. The molecule has 3 aromatic rings. The highest BCUT2D eigenvalue weighted by Gasteiger charge is 2.03. The standard InChI is InChI=1S/C18H18N2S/c1-2-14-6-3-4-7-16(14)13-20-17-9-5-8-15(12-17)18-19-10-11-21-18/h3-12,20H,2,13H2,1H3. The number of aromatic nitrogens is 1. The van der Waals surface area contributed by atoms with Gasteiger partial charge in [0.1, 0.15) is 5.01 Å². The van der Waals surface area contributed by atoms with Crippen molar-refractivity contribution >= 4 is 17.0 Å². The number of hydrogen-bond donors (Lipinski definition) is 1. The molecule has 0 aliphatic heterocycles. The summed E-state index contributed by atoms with van der Waals surface area (Å²) < 4.78 is 0. The first-order valence-corrected chi connectivity index (χ1v) is 8.05. The number of thiazole rings is 1. The van der Waals surface area contributed by atoms with Crippen molar-refractivity contribution in [2.45, 2.75) is 19.9 Å². The molecule has 0 saturated heterocycles. The summed E-state index contributed by atoms with van der Waals surface area (Å²) in [5.41, 5.74) is 5.06. The van der Waals surface area contributed by atoms with Crippen LogP contribution in [0.15, 0.2) is 60.1 Å². The Morgan fingerprint density at radius 2 is 1.90 bits per heavy atom. The highest BCUT2D eigenvalue weighted by Crippen LogP contribution is 2.24. The summed E-state index contributed by atoms with van der Waals surface area (Å²) in [6.45, 7) is 3.05. The van der Waals surface area contributed by atoms with Crippen molar-refractivity contribution in [3.63, 3.8) is 0 Å². The van der Waals surface area contributed by atoms with Gasteiger partial charge < -0.3 is 5.32 Å². The summed E-state index contributed by atoms with van der Waals surface area (Å²) in [4.78, 5) is 4.36. The minimum Gasteiger partial charge on any atom is -0.381 e. The molecule has 0 spiro atoms. The van der Waals surface area contributed by atoms with Crippen LogP contribution in [0.4, 0.5) is 5.69 Å². The first kappa shape index (κ1) is 13.8. The van der Waals surface area contributed by atoms with Gasteiger partial charge in [-0.05, 0) is 29.7 Å². The van der Waals surface area contributed by atoms with Crippen molar-refractivity contribution in [3.05, 3.63) is 71.2 Å². The number of anilines is 1. The van der Waals surface area contributed by atoms with Gasteiger partial charge in [0.2, 0.25) is 0 Å². The fourth-order valence-corrected chi connectivity index (χ4v) is 3.04. The molecule has 106 valence electrons. The molecule has 0 saturated carbocycles. The zero-order valence-corrected chi connectivity index (χ0v) is 12.9. The Labute approximate surface area is 129 Å². The smallest absolute Gasteiger partial charge is 0.123 e. The maximum Gasteiger partial charge on any atom is 0.123 e. The largest absolute Gasteiger partial charge is 0.381 e. The fourth-order valence-electron chi connectivity index (χ4n) is 2.40. The van der Waals surface area contributed by atoms with Gasteiger partial charge in [-0.2, -0.15) is 0 Å². The van der Waals surface area contributed by atoms with Crippen LogP contribution in [0.3, 0.4) is 0 Å². The molecule has 2 aromatic carbocycles. The maximum absolute atomic E-state index is 4.36. The van der Waals surface area contributed by atoms with Gasteiger partial charge in [0.15, 0.2) is 0 Å². The molecule has 0 amide bonds. The minimum absolute atomic E-state index is 0.853. The van der Waals surface area contributed by atoms with Gasteiger partial charge >= 0.3 is 0 Å². The molecule has 0 aliphatic rings. The molecule has 2 nitrogen and oxygen atoms in total. The van der Waals surface area contributed by atoms with Crippen LogP contribution in [-0.4, -0.2) is 4.98 Å². The Balaban J connectivity index is 1.75. The Hall–Kier alpha value is -2.13. The lowest BCUT2D eigenvalue weighted by Crippen LogP contribution is -2.02. The first-order chi connectivity index (χ1) is 10.4. The molecule has 21 heavy (non-hydrogen) atoms. The van der Waals surface area contributed by atoms with Gasteiger partial charge in [-0.3, -0.25) is 0 Å². The van der Waals surface area contributed by atoms with E-state index in [0.29, 0.717) is 0 Å². The summed E-state index contributed by atoms with van der Waals surface area (Å²) in [6.07, 6.45) is 2.91. The van der Waals surface area contributed by atoms with Crippen LogP contribution in [0, 0.1) is 0 Å². The number of nitrogens with zero attached hydrogens (tertiary/aromatic N) is 1. The van der Waals surface area contributed by atoms with E-state index in [2.05, 4.69) is 65.8 Å². The molecule has 3 rings (SSSR count). The van der Waals surface area contributed by atoms with E-state index in [4.69, 9.17) is 0 Å². The van der Waals surface area contributed by atoms with Crippen LogP contribution in [-0.2, 0) is 13.0 Å². The van der Waals surface area contributed by atoms with Crippen LogP contribution in [0.5, 0.6) is 0 Å². The third-order valence-electron chi connectivity index (χ3n) is 3.52. The van der Waals surface area contributed by atoms with Crippen molar-refractivity contribution in [1.29, 1.82) is 0 Å². The predicted octanol–water partition coefficient (Wildman–Crippen LogP) is 4.98. The molecular weight excluding hydrogens is 276 g/mol. The Morgan fingerprint density at radius 1 is 1.05 bits per heavy atom. The number of hydrogen-bond acceptors (Lipinski definition) is 3. The van der Waals surface area contributed by atoms with Crippen molar-refractivity contribution < 1.29 is 0 Å². The summed E-state index contributed by atoms with van der Waals surface area (Å²) in [6, 6.07) is 17.0. The second kappa shape index (κ2) is 6.55. The topological polar surface area (TPSA) is 24.9 Å². The Bertz CT molecular complexity index is 705. The van der Waals surface area contributed by atoms with Gasteiger partial charge in [-0.25, -0.2) is 4.98 Å². The van der Waals surface area contributed by atoms with E-state index in [1.54, 1.807) is 11.3 Å². The number of nitrogens with one attached hydrogen (secondary N) is 1. The van der Waals surface area contributed by atoms with Crippen LogP contribution in [0.1, 0.15) is 18.1 Å². The van der Waals surface area contributed by atoms with Crippen LogP contribution < -0.4 is 5.32 Å². The molecule has 3 heteroatoms. The Kier molecular flexibility index (Phi) is 4.31. The fraction of sp³-hybridized carbons (Fsp3) is 0.167. The van der Waals surface area contributed by atoms with E-state index in [0.717, 1.165) is 23.7 Å². The van der Waals surface area contributed by atoms with E-state index in [1.807, 2.05) is 11.6 Å². The number of benzene rings is 2. The second-order valence-corrected chi connectivity index (χ2v) is 5.79. The average molecular weight is 294 g/mol. The quantitative estimate of drug-likeness (QED) is 0.717. The minimum atomic E-state index is 0.853. The molecule has 0 atom stereocenters. The molecular formula is C18H18N2S. The monoisotopic (exact) mass is 294 g/mol. The molecule has 0 radical (unpaired) electrons. The summed E-state index contributed by atoms with van der Waals surface area (Å²) >= 11 is 1.67. The third-order valence-corrected chi connectivity index (χ3v) is 4.35. The van der Waals surface area contributed by atoms with Crippen molar-refractivity contribution in [2.75, 3.05) is 5.32 Å². The summed E-state index contributed by atoms with van der Waals surface area (Å²) in [7, 11) is 0. The molecule has 0 fully saturated rings. The maximum atomic E-state index is 4.36. The molecule has 0 aliphatic carbocycles. The van der Waals surface area contributed by atoms with E-state index in [9.17, 15) is 0 Å². The van der Waals surface area contributed by atoms with Crippen molar-refractivity contribution in [2.24, 2.45) is 0 Å². The predicted molar refractivity (Wildman–Crippen MR) is 90.7 cm³/mol. The van der Waals surface area contributed by atoms with Gasteiger partial charge in [0, 0.05) is 29.4 Å². The zero-order chi connectivity index (χ0) is 14.5. The van der Waals surface area contributed by atoms with Gasteiger partial charge in [-0.1, -0.05) is 43.3 Å². The molecule has 1 aromatic heterocycles. The van der Waals surface area contributed by atoms with E-state index in [-0.39, 0.29) is 0 Å². The van der Waals surface area contributed by atoms with Gasteiger partial charge in [0.05, 0.1) is 0 Å². The van der Waals surface area contributed by atoms with Crippen LogP contribution in [0.2, 0.25) is 0 Å². The van der Waals surface area contributed by atoms with Crippen molar-refractivity contribution in [1.82, 2.24) is 4.98 Å². The van der Waals surface area contributed by atoms with Gasteiger partial charge in [0.25, 0.3) is 0 Å². The molecule has 0 bridgehead atoms.